The molecule has 98 heavy (non-hydrogen) atoms. The van der Waals surface area contributed by atoms with Crippen LogP contribution in [0.3, 0.4) is 0 Å². The topological polar surface area (TPSA) is 352 Å². The number of urea groups is 1. The molecule has 544 valence electrons. The van der Waals surface area contributed by atoms with E-state index >= 15 is 0 Å². The Bertz CT molecular complexity index is 3040. The van der Waals surface area contributed by atoms with Crippen molar-refractivity contribution in [2.45, 2.75) is 194 Å². The number of Topliss-reactive ketones (excluding diaryl/α,β-unsaturated/α-hetero) is 2. The molecule has 2 aromatic carbocycles. The van der Waals surface area contributed by atoms with Crippen LogP contribution in [-0.4, -0.2) is 192 Å². The molecule has 1 saturated heterocycles. The minimum absolute atomic E-state index is 0.0797. The number of carboxylic acid groups (broad SMARTS) is 1. The second kappa shape index (κ2) is 42.4. The fraction of sp³-hybridized carbons (Fsp3) is 0.629. The number of imide groups is 1. The van der Waals surface area contributed by atoms with Crippen LogP contribution in [0.1, 0.15) is 150 Å². The number of carboxylic acids is 1. The molecule has 10 amide bonds. The zero-order chi connectivity index (χ0) is 73.6. The van der Waals surface area contributed by atoms with Crippen LogP contribution in [0.4, 0.5) is 15.3 Å². The molecule has 28 heteroatoms. The molecule has 1 fully saturated rings. The summed E-state index contributed by atoms with van der Waals surface area (Å²) >= 11 is 0. The van der Waals surface area contributed by atoms with Gasteiger partial charge in [-0.05, 0) is 109 Å². The third-order valence-electron chi connectivity index (χ3n) is 18.5. The minimum Gasteiger partial charge on any atom is -0.480 e. The first-order valence-corrected chi connectivity index (χ1v) is 35.5. The van der Waals surface area contributed by atoms with Crippen LogP contribution in [-0.2, 0) is 75.2 Å². The van der Waals surface area contributed by atoms with E-state index in [1.807, 2.05) is 40.4 Å². The number of amides is 10. The summed E-state index contributed by atoms with van der Waals surface area (Å²) in [6.07, 6.45) is 3.53. The van der Waals surface area contributed by atoms with Gasteiger partial charge in [0, 0.05) is 112 Å². The van der Waals surface area contributed by atoms with Crippen LogP contribution in [0, 0.1) is 35.5 Å². The molecule has 0 saturated carbocycles. The quantitative estimate of drug-likeness (QED) is 0.0208. The van der Waals surface area contributed by atoms with Gasteiger partial charge in [-0.1, -0.05) is 104 Å². The number of carbonyl (C=O) groups is 12. The van der Waals surface area contributed by atoms with Crippen molar-refractivity contribution in [1.82, 2.24) is 35.6 Å². The van der Waals surface area contributed by atoms with Crippen molar-refractivity contribution in [1.29, 1.82) is 0 Å². The third kappa shape index (κ3) is 26.3. The maximum atomic E-state index is 14.8. The van der Waals surface area contributed by atoms with Gasteiger partial charge in [-0.3, -0.25) is 57.5 Å². The summed E-state index contributed by atoms with van der Waals surface area (Å²) in [4.78, 5) is 165. The maximum Gasteiger partial charge on any atom is 0.410 e. The Kier molecular flexibility index (Phi) is 36.7. The number of benzene rings is 2. The zero-order valence-corrected chi connectivity index (χ0v) is 61.8. The standard InChI is InChI=1S/C69H103N9O16.CH5NP2/c1-14-44(6)61(54(92-12)40-59(84)77-36-22-26-52(77)62(93-13)45(7)63(85)73-51(66(88)89)37-46-23-17-15-18-24-46)75(10)65(87)50(42(2)3)39-55(80)69(8,9)76(11)68(91)94-41-47-28-30-49(31-29-47)72-64(86)48(25-21-34-71-67(70)90)38-53(79)60(43(4)5)74-56(81)27-19-16-20-35-78-57(82)32-33-58(78)83;1-4-2-3/h15,17-18,23-24,28-33,42-45,48,50-52,54,60-62H,14,16,19-22,25-27,34-41H2,1-13H3,(H,72,86)(H,73,85)(H,74,81)(H,88,89)(H3,70,71,90);3H2,1H3/t44-,45+,48+,50-,51-,52-,54+,60-,61-,62+;/m0./s1. The van der Waals surface area contributed by atoms with E-state index in [0.717, 1.165) is 18.8 Å². The minimum atomic E-state index is -1.45. The summed E-state index contributed by atoms with van der Waals surface area (Å²) < 4.78 is 21.3. The first-order valence-electron chi connectivity index (χ1n) is 33.7. The summed E-state index contributed by atoms with van der Waals surface area (Å²) in [7, 11) is 9.38. The number of anilines is 1. The van der Waals surface area contributed by atoms with E-state index in [1.54, 1.807) is 100.0 Å². The van der Waals surface area contributed by atoms with Gasteiger partial charge in [-0.2, -0.15) is 0 Å². The Hall–Kier alpha value is -7.53. The van der Waals surface area contributed by atoms with Crippen LogP contribution in [0.15, 0.2) is 71.3 Å². The highest BCUT2D eigenvalue weighted by atomic mass is 31.1. The molecular formula is C70H108N10O16P2. The molecule has 4 rings (SSSR count). The fourth-order valence-corrected chi connectivity index (χ4v) is 12.1. The van der Waals surface area contributed by atoms with Crippen molar-refractivity contribution >= 4 is 94.5 Å². The largest absolute Gasteiger partial charge is 0.480 e. The number of primary amides is 1. The van der Waals surface area contributed by atoms with Gasteiger partial charge < -0.3 is 56.1 Å². The Morgan fingerprint density at radius 1 is 0.816 bits per heavy atom. The molecule has 11 atom stereocenters. The van der Waals surface area contributed by atoms with Crippen LogP contribution >= 0.6 is 17.8 Å². The normalized spacial score (nSPS) is 16.6. The Morgan fingerprint density at radius 2 is 1.45 bits per heavy atom. The first kappa shape index (κ1) is 84.7. The fourth-order valence-electron chi connectivity index (χ4n) is 12.1. The number of methoxy groups -OCH3 is 2. The molecule has 2 aliphatic rings. The third-order valence-corrected chi connectivity index (χ3v) is 19.5. The van der Waals surface area contributed by atoms with E-state index in [1.165, 1.54) is 38.3 Å². The Balaban J connectivity index is 0.00000607. The van der Waals surface area contributed by atoms with Gasteiger partial charge in [0.25, 0.3) is 11.8 Å². The van der Waals surface area contributed by atoms with Gasteiger partial charge in [-0.15, -0.1) is 0 Å². The van der Waals surface area contributed by atoms with Crippen LogP contribution in [0.2, 0.25) is 0 Å². The summed E-state index contributed by atoms with van der Waals surface area (Å²) in [5.41, 5.74) is 5.46. The lowest BCUT2D eigenvalue weighted by molar-refractivity contribution is -0.149. The van der Waals surface area contributed by atoms with Crippen molar-refractivity contribution in [2.24, 2.45) is 45.8 Å². The van der Waals surface area contributed by atoms with E-state index in [0.29, 0.717) is 62.7 Å². The number of likely N-dealkylation sites (N-methyl/N-ethyl adjacent to an activating group) is 2. The van der Waals surface area contributed by atoms with Gasteiger partial charge >= 0.3 is 18.1 Å². The highest BCUT2D eigenvalue weighted by Crippen LogP contribution is 2.32. The molecule has 0 aliphatic carbocycles. The molecule has 0 spiro atoms. The highest BCUT2D eigenvalue weighted by molar-refractivity contribution is 7.34. The van der Waals surface area contributed by atoms with Crippen molar-refractivity contribution in [3.8, 4) is 0 Å². The number of unbranched alkanes of at least 4 members (excludes halogenated alkanes) is 2. The van der Waals surface area contributed by atoms with E-state index in [9.17, 15) is 62.6 Å². The van der Waals surface area contributed by atoms with Crippen LogP contribution in [0.5, 0.6) is 0 Å². The number of nitrogens with one attached hydrogen (secondary N) is 4. The lowest BCUT2D eigenvalue weighted by atomic mass is 9.82. The number of likely N-dealkylation sites (tertiary alicyclic amines) is 1. The molecule has 0 bridgehead atoms. The number of carbonyl (C=O) groups excluding carboxylic acids is 11. The molecule has 0 aromatic heterocycles. The monoisotopic (exact) mass is 1410 g/mol. The second-order valence-corrected chi connectivity index (χ2v) is 27.7. The highest BCUT2D eigenvalue weighted by Gasteiger charge is 2.45. The molecular weight excluding hydrogens is 1300 g/mol. The van der Waals surface area contributed by atoms with Gasteiger partial charge in [0.05, 0.1) is 48.2 Å². The summed E-state index contributed by atoms with van der Waals surface area (Å²) in [6.45, 7) is 18.5. The number of hydrogen-bond donors (Lipinski definition) is 6. The van der Waals surface area contributed by atoms with E-state index in [2.05, 4.69) is 35.2 Å². The average Bonchev–Trinajstić information content (AvgIpc) is 1.20. The number of nitrogens with two attached hydrogens (primary N) is 1. The summed E-state index contributed by atoms with van der Waals surface area (Å²) in [6, 6.07) is 11.5. The van der Waals surface area contributed by atoms with Gasteiger partial charge in [-0.25, -0.2) is 14.4 Å². The number of rotatable bonds is 40. The van der Waals surface area contributed by atoms with Crippen molar-refractivity contribution in [3.63, 3.8) is 0 Å². The Labute approximate surface area is 582 Å². The smallest absolute Gasteiger partial charge is 0.410 e. The zero-order valence-electron chi connectivity index (χ0n) is 59.7. The molecule has 0 radical (unpaired) electrons. The number of ether oxygens (including phenoxy) is 3. The number of ketones is 2. The number of aliphatic carboxylic acids is 1. The number of hydrogen-bond acceptors (Lipinski definition) is 16. The number of nitrogens with zero attached hydrogens (tertiary/aromatic N) is 5. The Morgan fingerprint density at radius 3 is 2.00 bits per heavy atom. The van der Waals surface area contributed by atoms with Gasteiger partial charge in [0.15, 0.2) is 11.6 Å². The van der Waals surface area contributed by atoms with E-state index < -0.39 is 95.4 Å². The lowest BCUT2D eigenvalue weighted by Crippen LogP contribution is -2.55. The molecule has 2 heterocycles. The van der Waals surface area contributed by atoms with Gasteiger partial charge in [0.2, 0.25) is 29.5 Å². The molecule has 2 aliphatic heterocycles. The van der Waals surface area contributed by atoms with E-state index in [4.69, 9.17) is 19.9 Å². The SMILES string of the molecule is CC[C@H](C)[C@@H]([C@@H](CC(=O)N1CCC[C@H]1[C@H](OC)[C@@H](C)C(=O)N[C@@H](Cc1ccccc1)C(=O)O)OC)N(C)C(=O)[C@@H](CC(=O)C(C)(C)N(C)C(=O)OCc1ccc(NC(=O)[C@H](CCCNC(N)=O)CC(=O)[C@@H](NC(=O)CCCCCN2C(=O)C=CC2=O)C(C)C)cc1)C(C)C.CP=NP. The lowest BCUT2D eigenvalue weighted by Gasteiger charge is -2.41. The van der Waals surface area contributed by atoms with E-state index in [-0.39, 0.29) is 111 Å². The molecule has 2 aromatic rings. The molecule has 26 nitrogen and oxygen atoms in total. The molecule has 7 N–H and O–H groups in total. The molecule has 1 unspecified atom stereocenters. The van der Waals surface area contributed by atoms with Crippen molar-refractivity contribution < 1.29 is 76.9 Å². The van der Waals surface area contributed by atoms with Crippen molar-refractivity contribution in [2.75, 3.05) is 59.9 Å². The summed E-state index contributed by atoms with van der Waals surface area (Å²) in [5.74, 6) is -8.01. The second-order valence-electron chi connectivity index (χ2n) is 26.4. The predicted molar refractivity (Wildman–Crippen MR) is 377 cm³/mol. The average molecular weight is 1410 g/mol. The maximum absolute atomic E-state index is 14.8. The van der Waals surface area contributed by atoms with Crippen molar-refractivity contribution in [3.05, 3.63) is 77.9 Å². The summed E-state index contributed by atoms with van der Waals surface area (Å²) in [5, 5.41) is 20.8. The van der Waals surface area contributed by atoms with Gasteiger partial charge in [0.1, 0.15) is 12.6 Å². The predicted octanol–water partition coefficient (Wildman–Crippen LogP) is 8.12. The van der Waals surface area contributed by atoms with Crippen LogP contribution in [0.25, 0.3) is 0 Å². The first-order chi connectivity index (χ1) is 46.3. The van der Waals surface area contributed by atoms with Crippen LogP contribution < -0.4 is 27.0 Å².